The smallest absolute Gasteiger partial charge is 0.269 e. The maximum atomic E-state index is 13.9. The molecule has 216 valence electrons. The third-order valence-electron chi connectivity index (χ3n) is 7.09. The van der Waals surface area contributed by atoms with Crippen molar-refractivity contribution in [3.63, 3.8) is 0 Å². The molecule has 0 heterocycles. The Labute approximate surface area is 244 Å². The minimum Gasteiger partial charge on any atom is -0.352 e. The van der Waals surface area contributed by atoms with E-state index in [1.165, 1.54) is 41.3 Å². The van der Waals surface area contributed by atoms with Crippen molar-refractivity contribution in [1.29, 1.82) is 0 Å². The molecule has 1 fully saturated rings. The number of hydrogen-bond donors (Lipinski definition) is 1. The van der Waals surface area contributed by atoms with Crippen LogP contribution in [0.2, 0.25) is 5.02 Å². The highest BCUT2D eigenvalue weighted by Gasteiger charge is 2.33. The third kappa shape index (κ3) is 7.42. The minimum absolute atomic E-state index is 0.0347. The molecule has 1 saturated carbocycles. The number of anilines is 1. The summed E-state index contributed by atoms with van der Waals surface area (Å²) < 4.78 is 28.4. The van der Waals surface area contributed by atoms with Crippen LogP contribution < -0.4 is 9.62 Å². The molecular weight excluding hydrogens is 568 g/mol. The molecule has 3 aromatic carbocycles. The molecule has 0 bridgehead atoms. The lowest BCUT2D eigenvalue weighted by molar-refractivity contribution is -0.384. The zero-order valence-electron chi connectivity index (χ0n) is 22.5. The quantitative estimate of drug-likeness (QED) is 0.246. The first kappa shape index (κ1) is 30.0. The zero-order valence-corrected chi connectivity index (χ0v) is 24.1. The summed E-state index contributed by atoms with van der Waals surface area (Å²) in [6.07, 6.45) is 3.78. The lowest BCUT2D eigenvalue weighted by atomic mass is 10.1. The predicted octanol–water partition coefficient (Wildman–Crippen LogP) is 4.92. The van der Waals surface area contributed by atoms with Gasteiger partial charge in [-0.15, -0.1) is 0 Å². The molecule has 0 aromatic heterocycles. The van der Waals surface area contributed by atoms with Crippen molar-refractivity contribution < 1.29 is 22.9 Å². The van der Waals surface area contributed by atoms with Crippen molar-refractivity contribution >= 4 is 44.8 Å². The number of amides is 2. The number of benzene rings is 3. The highest BCUT2D eigenvalue weighted by molar-refractivity contribution is 7.92. The number of nitrogens with zero attached hydrogens (tertiary/aromatic N) is 3. The summed E-state index contributed by atoms with van der Waals surface area (Å²) in [4.78, 5) is 39.1. The fourth-order valence-electron chi connectivity index (χ4n) is 4.75. The molecule has 0 unspecified atom stereocenters. The van der Waals surface area contributed by atoms with Crippen LogP contribution in [-0.2, 0) is 26.2 Å². The van der Waals surface area contributed by atoms with Gasteiger partial charge in [-0.3, -0.25) is 24.0 Å². The number of non-ortho nitro benzene ring substituents is 1. The lowest BCUT2D eigenvalue weighted by Crippen LogP contribution is -2.52. The van der Waals surface area contributed by atoms with Crippen LogP contribution in [-0.4, -0.2) is 48.7 Å². The van der Waals surface area contributed by atoms with Gasteiger partial charge in [0.25, 0.3) is 15.7 Å². The Morgan fingerprint density at radius 3 is 2.20 bits per heavy atom. The van der Waals surface area contributed by atoms with E-state index in [4.69, 9.17) is 11.6 Å². The van der Waals surface area contributed by atoms with Crippen LogP contribution in [0.3, 0.4) is 0 Å². The number of rotatable bonds is 11. The highest BCUT2D eigenvalue weighted by atomic mass is 35.5. The van der Waals surface area contributed by atoms with Gasteiger partial charge in [-0.25, -0.2) is 8.42 Å². The van der Waals surface area contributed by atoms with E-state index in [0.29, 0.717) is 10.6 Å². The van der Waals surface area contributed by atoms with Crippen molar-refractivity contribution in [2.45, 2.75) is 56.1 Å². The number of nitrogens with one attached hydrogen (secondary N) is 1. The summed E-state index contributed by atoms with van der Waals surface area (Å²) >= 11 is 6.03. The summed E-state index contributed by atoms with van der Waals surface area (Å²) in [6.45, 7) is 1.01. The molecule has 2 amide bonds. The first-order chi connectivity index (χ1) is 19.6. The average molecular weight is 599 g/mol. The molecule has 1 N–H and O–H groups in total. The van der Waals surface area contributed by atoms with Crippen molar-refractivity contribution in [3.05, 3.63) is 99.6 Å². The molecule has 41 heavy (non-hydrogen) atoms. The summed E-state index contributed by atoms with van der Waals surface area (Å²) in [5, 5.41) is 14.7. The molecule has 1 aliphatic carbocycles. The Morgan fingerprint density at radius 2 is 1.61 bits per heavy atom. The van der Waals surface area contributed by atoms with Gasteiger partial charge in [0, 0.05) is 29.7 Å². The van der Waals surface area contributed by atoms with Gasteiger partial charge in [0.2, 0.25) is 11.8 Å². The van der Waals surface area contributed by atoms with Gasteiger partial charge in [0.05, 0.1) is 15.5 Å². The van der Waals surface area contributed by atoms with Gasteiger partial charge in [-0.05, 0) is 61.7 Å². The molecule has 0 radical (unpaired) electrons. The molecule has 10 nitrogen and oxygen atoms in total. The van der Waals surface area contributed by atoms with E-state index in [0.717, 1.165) is 30.0 Å². The van der Waals surface area contributed by atoms with Gasteiger partial charge >= 0.3 is 0 Å². The van der Waals surface area contributed by atoms with Gasteiger partial charge in [-0.1, -0.05) is 54.8 Å². The topological polar surface area (TPSA) is 130 Å². The zero-order chi connectivity index (χ0) is 29.6. The summed E-state index contributed by atoms with van der Waals surface area (Å²) in [7, 11) is -4.26. The molecule has 0 saturated heterocycles. The molecule has 3 aromatic rings. The molecule has 4 rings (SSSR count). The molecule has 1 atom stereocenters. The van der Waals surface area contributed by atoms with Crippen LogP contribution in [0.25, 0.3) is 0 Å². The third-order valence-corrected chi connectivity index (χ3v) is 9.13. The average Bonchev–Trinajstić information content (AvgIpc) is 3.48. The van der Waals surface area contributed by atoms with Crippen LogP contribution in [0, 0.1) is 10.1 Å². The SMILES string of the molecule is C[C@H](C(=O)NC1CCCC1)N(Cc1ccc(Cl)cc1)C(=O)CN(c1ccc([N+](=O)[O-])cc1)S(=O)(=O)c1ccccc1. The number of carbonyl (C=O) groups excluding carboxylic acids is 2. The maximum absolute atomic E-state index is 13.9. The largest absolute Gasteiger partial charge is 0.352 e. The minimum atomic E-state index is -4.26. The molecule has 0 aliphatic heterocycles. The molecule has 0 spiro atoms. The van der Waals surface area contributed by atoms with Crippen LogP contribution in [0.5, 0.6) is 0 Å². The van der Waals surface area contributed by atoms with Crippen molar-refractivity contribution in [3.8, 4) is 0 Å². The number of hydrogen-bond acceptors (Lipinski definition) is 6. The number of carbonyl (C=O) groups is 2. The molecular formula is C29H31ClN4O6S. The Kier molecular flexibility index (Phi) is 9.61. The Hall–Kier alpha value is -3.96. The van der Waals surface area contributed by atoms with Crippen LogP contribution in [0.4, 0.5) is 11.4 Å². The second-order valence-corrected chi connectivity index (χ2v) is 12.2. The highest BCUT2D eigenvalue weighted by Crippen LogP contribution is 2.27. The van der Waals surface area contributed by atoms with Crippen molar-refractivity contribution in [2.75, 3.05) is 10.8 Å². The van der Waals surface area contributed by atoms with Gasteiger partial charge < -0.3 is 10.2 Å². The Morgan fingerprint density at radius 1 is 1.00 bits per heavy atom. The number of sulfonamides is 1. The second kappa shape index (κ2) is 13.1. The molecule has 12 heteroatoms. The van der Waals surface area contributed by atoms with Gasteiger partial charge in [-0.2, -0.15) is 0 Å². The Bertz CT molecular complexity index is 1480. The Balaban J connectivity index is 1.68. The van der Waals surface area contributed by atoms with Crippen LogP contribution >= 0.6 is 11.6 Å². The van der Waals surface area contributed by atoms with Crippen molar-refractivity contribution in [1.82, 2.24) is 10.2 Å². The van der Waals surface area contributed by atoms with E-state index in [-0.39, 0.29) is 34.8 Å². The van der Waals surface area contributed by atoms with E-state index in [2.05, 4.69) is 5.32 Å². The predicted molar refractivity (Wildman–Crippen MR) is 156 cm³/mol. The van der Waals surface area contributed by atoms with E-state index >= 15 is 0 Å². The van der Waals surface area contributed by atoms with E-state index in [1.54, 1.807) is 49.4 Å². The number of nitro groups is 1. The number of halogens is 1. The number of nitro benzene ring substituents is 1. The van der Waals surface area contributed by atoms with E-state index in [1.807, 2.05) is 0 Å². The van der Waals surface area contributed by atoms with E-state index < -0.39 is 33.4 Å². The fourth-order valence-corrected chi connectivity index (χ4v) is 6.31. The lowest BCUT2D eigenvalue weighted by Gasteiger charge is -2.32. The molecule has 1 aliphatic rings. The van der Waals surface area contributed by atoms with Crippen LogP contribution in [0.15, 0.2) is 83.8 Å². The first-order valence-electron chi connectivity index (χ1n) is 13.2. The maximum Gasteiger partial charge on any atom is 0.269 e. The van der Waals surface area contributed by atoms with Gasteiger partial charge in [0.15, 0.2) is 0 Å². The van der Waals surface area contributed by atoms with Gasteiger partial charge in [0.1, 0.15) is 12.6 Å². The fraction of sp³-hybridized carbons (Fsp3) is 0.310. The van der Waals surface area contributed by atoms with Crippen molar-refractivity contribution in [2.24, 2.45) is 0 Å². The summed E-state index contributed by atoms with van der Waals surface area (Å²) in [5.41, 5.74) is 0.553. The summed E-state index contributed by atoms with van der Waals surface area (Å²) in [6, 6.07) is 18.5. The standard InChI is InChI=1S/C29H31ClN4O6S/c1-21(29(36)31-24-7-5-6-8-24)32(19-22-11-13-23(30)14-12-22)28(35)20-33(25-15-17-26(18-16-25)34(37)38)41(39,40)27-9-3-2-4-10-27/h2-4,9-18,21,24H,5-8,19-20H2,1H3,(H,31,36)/t21-/m1/s1. The normalized spacial score (nSPS) is 14.3. The second-order valence-electron chi connectivity index (χ2n) is 9.91. The van der Waals surface area contributed by atoms with Crippen LogP contribution in [0.1, 0.15) is 38.2 Å². The summed E-state index contributed by atoms with van der Waals surface area (Å²) in [5.74, 6) is -0.945. The monoisotopic (exact) mass is 598 g/mol. The van der Waals surface area contributed by atoms with E-state index in [9.17, 15) is 28.1 Å². The first-order valence-corrected chi connectivity index (χ1v) is 15.0.